The van der Waals surface area contributed by atoms with E-state index in [1.165, 1.54) is 32.1 Å². The van der Waals surface area contributed by atoms with Crippen molar-refractivity contribution in [1.82, 2.24) is 0 Å². The molecule has 14 heavy (non-hydrogen) atoms. The van der Waals surface area contributed by atoms with Crippen molar-refractivity contribution in [2.45, 2.75) is 51.4 Å². The van der Waals surface area contributed by atoms with E-state index in [0.717, 1.165) is 19.3 Å². The van der Waals surface area contributed by atoms with Gasteiger partial charge in [-0.15, -0.1) is 0 Å². The maximum atomic E-state index is 11.9. The summed E-state index contributed by atoms with van der Waals surface area (Å²) in [5.41, 5.74) is 0. The summed E-state index contributed by atoms with van der Waals surface area (Å²) in [5, 5.41) is 0. The van der Waals surface area contributed by atoms with Crippen molar-refractivity contribution < 1.29 is 4.79 Å². The number of hydrogen-bond donors (Lipinski definition) is 0. The lowest BCUT2D eigenvalue weighted by atomic mass is 9.87. The number of Topliss-reactive ketones (excluding diaryl/α,β-unsaturated/α-hetero) is 1. The first-order valence-electron chi connectivity index (χ1n) is 6.05. The maximum Gasteiger partial charge on any atom is 0.136 e. The molecule has 0 amide bonds. The van der Waals surface area contributed by atoms with Gasteiger partial charge in [0, 0.05) is 12.3 Å². The molecular weight excluding hydrogens is 172 g/mol. The van der Waals surface area contributed by atoms with Crippen LogP contribution in [-0.2, 0) is 4.79 Å². The van der Waals surface area contributed by atoms with Gasteiger partial charge in [-0.05, 0) is 38.0 Å². The van der Waals surface area contributed by atoms with Gasteiger partial charge in [0.25, 0.3) is 0 Å². The normalized spacial score (nSPS) is 28.1. The van der Waals surface area contributed by atoms with Crippen molar-refractivity contribution in [2.24, 2.45) is 11.8 Å². The minimum atomic E-state index is 0.422. The van der Waals surface area contributed by atoms with E-state index in [-0.39, 0.29) is 0 Å². The summed E-state index contributed by atoms with van der Waals surface area (Å²) < 4.78 is 0. The van der Waals surface area contributed by atoms with E-state index in [9.17, 15) is 4.79 Å². The zero-order valence-electron chi connectivity index (χ0n) is 8.87. The van der Waals surface area contributed by atoms with Crippen LogP contribution >= 0.6 is 0 Å². The molecule has 0 aromatic heterocycles. The smallest absolute Gasteiger partial charge is 0.136 e. The van der Waals surface area contributed by atoms with Crippen molar-refractivity contribution in [3.05, 3.63) is 12.2 Å². The Balaban J connectivity index is 1.80. The van der Waals surface area contributed by atoms with Crippen LogP contribution < -0.4 is 0 Å². The third-order valence-corrected chi connectivity index (χ3v) is 3.63. The molecule has 0 aliphatic heterocycles. The second-order valence-electron chi connectivity index (χ2n) is 4.77. The third-order valence-electron chi connectivity index (χ3n) is 3.63. The van der Waals surface area contributed by atoms with E-state index in [1.807, 2.05) is 0 Å². The van der Waals surface area contributed by atoms with Crippen molar-refractivity contribution in [1.29, 1.82) is 0 Å². The van der Waals surface area contributed by atoms with Crippen LogP contribution in [0.5, 0.6) is 0 Å². The number of allylic oxidation sites excluding steroid dienone is 2. The maximum absolute atomic E-state index is 11.9. The van der Waals surface area contributed by atoms with E-state index in [2.05, 4.69) is 12.2 Å². The molecule has 1 saturated carbocycles. The first-order chi connectivity index (χ1) is 6.86. The number of carbonyl (C=O) groups excluding carboxylic acids is 1. The van der Waals surface area contributed by atoms with Crippen molar-refractivity contribution in [3.8, 4) is 0 Å². The van der Waals surface area contributed by atoms with E-state index >= 15 is 0 Å². The Kier molecular flexibility index (Phi) is 3.39. The predicted molar refractivity (Wildman–Crippen MR) is 58.1 cm³/mol. The molecule has 0 saturated heterocycles. The van der Waals surface area contributed by atoms with Gasteiger partial charge in [-0.1, -0.05) is 25.0 Å². The standard InChI is InChI=1S/C13H20O/c14-13(12-8-4-5-9-12)10-11-6-2-1-3-7-11/h2,6,11-12H,1,3-5,7-10H2. The Labute approximate surface area is 86.6 Å². The highest BCUT2D eigenvalue weighted by atomic mass is 16.1. The zero-order chi connectivity index (χ0) is 9.80. The molecule has 1 fully saturated rings. The number of ketones is 1. The summed E-state index contributed by atoms with van der Waals surface area (Å²) in [6.45, 7) is 0. The number of hydrogen-bond acceptors (Lipinski definition) is 1. The largest absolute Gasteiger partial charge is 0.299 e. The van der Waals surface area contributed by atoms with Gasteiger partial charge in [-0.3, -0.25) is 4.79 Å². The number of rotatable bonds is 3. The Morgan fingerprint density at radius 1 is 1.14 bits per heavy atom. The van der Waals surface area contributed by atoms with Gasteiger partial charge in [0.2, 0.25) is 0 Å². The second-order valence-corrected chi connectivity index (χ2v) is 4.77. The SMILES string of the molecule is O=C(CC1C=CCCC1)C1CCCC1. The summed E-state index contributed by atoms with van der Waals surface area (Å²) >= 11 is 0. The molecule has 78 valence electrons. The van der Waals surface area contributed by atoms with Crippen LogP contribution in [0.25, 0.3) is 0 Å². The molecular formula is C13H20O. The Morgan fingerprint density at radius 3 is 2.57 bits per heavy atom. The molecule has 1 nitrogen and oxygen atoms in total. The monoisotopic (exact) mass is 192 g/mol. The van der Waals surface area contributed by atoms with E-state index in [0.29, 0.717) is 17.6 Å². The fraction of sp³-hybridized carbons (Fsp3) is 0.769. The van der Waals surface area contributed by atoms with Crippen molar-refractivity contribution in [3.63, 3.8) is 0 Å². The predicted octanol–water partition coefficient (Wildman–Crippen LogP) is 3.49. The van der Waals surface area contributed by atoms with Gasteiger partial charge in [0.1, 0.15) is 5.78 Å². The molecule has 0 N–H and O–H groups in total. The van der Waals surface area contributed by atoms with Gasteiger partial charge in [0.15, 0.2) is 0 Å². The lowest BCUT2D eigenvalue weighted by Crippen LogP contribution is -2.15. The average Bonchev–Trinajstić information content (AvgIpc) is 2.72. The van der Waals surface area contributed by atoms with E-state index in [1.54, 1.807) is 0 Å². The molecule has 0 aromatic rings. The molecule has 2 aliphatic rings. The summed E-state index contributed by atoms with van der Waals surface area (Å²) in [4.78, 5) is 11.9. The first kappa shape index (κ1) is 9.95. The molecule has 0 radical (unpaired) electrons. The lowest BCUT2D eigenvalue weighted by Gasteiger charge is -2.17. The quantitative estimate of drug-likeness (QED) is 0.625. The first-order valence-corrected chi connectivity index (χ1v) is 6.05. The van der Waals surface area contributed by atoms with Crippen LogP contribution in [-0.4, -0.2) is 5.78 Å². The minimum absolute atomic E-state index is 0.422. The molecule has 0 spiro atoms. The Bertz CT molecular complexity index is 223. The summed E-state index contributed by atoms with van der Waals surface area (Å²) in [5.74, 6) is 1.53. The van der Waals surface area contributed by atoms with Gasteiger partial charge in [-0.25, -0.2) is 0 Å². The summed E-state index contributed by atoms with van der Waals surface area (Å²) in [7, 11) is 0. The van der Waals surface area contributed by atoms with E-state index < -0.39 is 0 Å². The Hall–Kier alpha value is -0.590. The molecule has 1 unspecified atom stereocenters. The van der Waals surface area contributed by atoms with Gasteiger partial charge in [0.05, 0.1) is 0 Å². The van der Waals surface area contributed by atoms with Crippen LogP contribution in [0.2, 0.25) is 0 Å². The van der Waals surface area contributed by atoms with Crippen molar-refractivity contribution >= 4 is 5.78 Å². The molecule has 0 bridgehead atoms. The topological polar surface area (TPSA) is 17.1 Å². The highest BCUT2D eigenvalue weighted by Gasteiger charge is 2.24. The van der Waals surface area contributed by atoms with Gasteiger partial charge in [-0.2, -0.15) is 0 Å². The zero-order valence-corrected chi connectivity index (χ0v) is 8.87. The molecule has 2 aliphatic carbocycles. The summed E-state index contributed by atoms with van der Waals surface area (Å²) in [6.07, 6.45) is 13.9. The van der Waals surface area contributed by atoms with E-state index in [4.69, 9.17) is 0 Å². The van der Waals surface area contributed by atoms with Crippen LogP contribution in [0.4, 0.5) is 0 Å². The highest BCUT2D eigenvalue weighted by Crippen LogP contribution is 2.29. The third kappa shape index (κ3) is 2.46. The minimum Gasteiger partial charge on any atom is -0.299 e. The highest BCUT2D eigenvalue weighted by molar-refractivity contribution is 5.81. The molecule has 2 rings (SSSR count). The molecule has 0 aromatic carbocycles. The molecule has 1 heteroatoms. The van der Waals surface area contributed by atoms with Gasteiger partial charge >= 0.3 is 0 Å². The van der Waals surface area contributed by atoms with Crippen LogP contribution in [0, 0.1) is 11.8 Å². The van der Waals surface area contributed by atoms with Crippen molar-refractivity contribution in [2.75, 3.05) is 0 Å². The summed E-state index contributed by atoms with van der Waals surface area (Å²) in [6, 6.07) is 0. The number of carbonyl (C=O) groups is 1. The Morgan fingerprint density at radius 2 is 1.93 bits per heavy atom. The fourth-order valence-electron chi connectivity index (χ4n) is 2.73. The van der Waals surface area contributed by atoms with Gasteiger partial charge < -0.3 is 0 Å². The van der Waals surface area contributed by atoms with Crippen LogP contribution in [0.3, 0.4) is 0 Å². The van der Waals surface area contributed by atoms with Crippen LogP contribution in [0.1, 0.15) is 51.4 Å². The fourth-order valence-corrected chi connectivity index (χ4v) is 2.73. The lowest BCUT2D eigenvalue weighted by molar-refractivity contribution is -0.123. The second kappa shape index (κ2) is 4.77. The molecule has 0 heterocycles. The molecule has 1 atom stereocenters. The van der Waals surface area contributed by atoms with Crippen LogP contribution in [0.15, 0.2) is 12.2 Å². The average molecular weight is 192 g/mol.